The van der Waals surface area contributed by atoms with E-state index < -0.39 is 6.09 Å². The number of anilines is 1. The van der Waals surface area contributed by atoms with Crippen LogP contribution in [0.15, 0.2) is 23.8 Å². The molecular formula is C22H30ClN7O3S. The van der Waals surface area contributed by atoms with Gasteiger partial charge in [0, 0.05) is 49.4 Å². The number of likely N-dealkylation sites (tertiary alicyclic amines) is 1. The number of halogens is 1. The second kappa shape index (κ2) is 10.1. The molecule has 34 heavy (non-hydrogen) atoms. The van der Waals surface area contributed by atoms with Crippen LogP contribution in [0.25, 0.3) is 16.2 Å². The number of aromatic nitrogens is 4. The zero-order valence-electron chi connectivity index (χ0n) is 19.9. The van der Waals surface area contributed by atoms with E-state index in [-0.39, 0.29) is 29.9 Å². The fraction of sp³-hybridized carbons (Fsp3) is 0.500. The number of rotatable bonds is 4. The monoisotopic (exact) mass is 507 g/mol. The standard InChI is InChI=1S/C22H29N7O3S.ClH/c1-22(2,3)27(4)17-12-16(19(30)28-8-6-14(7-9-28)24-21(31)32-5)25-18(26-17)15-13-23-29-10-11-33-20(15)29;/h10-14H,6-9H2,1-5H3,(H,24,31);1H. The van der Waals surface area contributed by atoms with Gasteiger partial charge in [-0.2, -0.15) is 5.10 Å². The van der Waals surface area contributed by atoms with E-state index in [1.165, 1.54) is 7.11 Å². The van der Waals surface area contributed by atoms with Crippen LogP contribution in [0.5, 0.6) is 0 Å². The lowest BCUT2D eigenvalue weighted by molar-refractivity contribution is 0.0698. The first kappa shape index (κ1) is 25.7. The number of ether oxygens (including phenoxy) is 1. The van der Waals surface area contributed by atoms with Crippen LogP contribution in [0.3, 0.4) is 0 Å². The van der Waals surface area contributed by atoms with E-state index in [1.807, 2.05) is 23.5 Å². The number of alkyl carbamates (subject to hydrolysis) is 1. The van der Waals surface area contributed by atoms with Gasteiger partial charge in [-0.15, -0.1) is 23.7 Å². The molecule has 0 aromatic carbocycles. The van der Waals surface area contributed by atoms with Crippen molar-refractivity contribution in [3.05, 3.63) is 29.5 Å². The molecule has 4 heterocycles. The zero-order chi connectivity index (χ0) is 23.8. The maximum atomic E-state index is 13.4. The number of methoxy groups -OCH3 is 1. The number of thiazole rings is 1. The summed E-state index contributed by atoms with van der Waals surface area (Å²) in [6.07, 6.45) is 4.49. The van der Waals surface area contributed by atoms with Crippen molar-refractivity contribution in [3.63, 3.8) is 0 Å². The van der Waals surface area contributed by atoms with Crippen LogP contribution < -0.4 is 10.2 Å². The molecule has 10 nitrogen and oxygen atoms in total. The molecule has 2 amide bonds. The Morgan fingerprint density at radius 2 is 1.94 bits per heavy atom. The number of carbonyl (C=O) groups is 2. The fourth-order valence-corrected chi connectivity index (χ4v) is 4.47. The van der Waals surface area contributed by atoms with E-state index in [4.69, 9.17) is 4.98 Å². The first-order valence-electron chi connectivity index (χ1n) is 10.8. The summed E-state index contributed by atoms with van der Waals surface area (Å²) in [4.78, 5) is 39.1. The lowest BCUT2D eigenvalue weighted by Gasteiger charge is -2.34. The van der Waals surface area contributed by atoms with Crippen LogP contribution in [0.1, 0.15) is 44.1 Å². The van der Waals surface area contributed by atoms with Gasteiger partial charge in [0.2, 0.25) is 0 Å². The quantitative estimate of drug-likeness (QED) is 0.576. The lowest BCUT2D eigenvalue weighted by atomic mass is 10.0. The summed E-state index contributed by atoms with van der Waals surface area (Å²) in [5.74, 6) is 1.01. The van der Waals surface area contributed by atoms with Gasteiger partial charge in [0.1, 0.15) is 16.3 Å². The summed E-state index contributed by atoms with van der Waals surface area (Å²) >= 11 is 1.55. The maximum Gasteiger partial charge on any atom is 0.407 e. The summed E-state index contributed by atoms with van der Waals surface area (Å²) in [6, 6.07) is 1.75. The Balaban J connectivity index is 0.00000324. The fourth-order valence-electron chi connectivity index (χ4n) is 3.67. The largest absolute Gasteiger partial charge is 0.453 e. The highest BCUT2D eigenvalue weighted by atomic mass is 35.5. The molecule has 1 N–H and O–H groups in total. The second-order valence-electron chi connectivity index (χ2n) is 9.08. The Kier molecular flexibility index (Phi) is 7.67. The molecule has 1 aliphatic rings. The van der Waals surface area contributed by atoms with Crippen molar-refractivity contribution in [2.75, 3.05) is 32.1 Å². The third kappa shape index (κ3) is 5.25. The van der Waals surface area contributed by atoms with Crippen molar-refractivity contribution in [2.24, 2.45) is 0 Å². The number of nitrogens with one attached hydrogen (secondary N) is 1. The molecule has 0 radical (unpaired) electrons. The molecule has 0 bridgehead atoms. The topological polar surface area (TPSA) is 105 Å². The van der Waals surface area contributed by atoms with Crippen LogP contribution >= 0.6 is 23.7 Å². The Morgan fingerprint density at radius 1 is 1.24 bits per heavy atom. The van der Waals surface area contributed by atoms with E-state index in [0.29, 0.717) is 43.3 Å². The number of amides is 2. The molecule has 0 spiro atoms. The van der Waals surface area contributed by atoms with E-state index in [0.717, 1.165) is 10.4 Å². The summed E-state index contributed by atoms with van der Waals surface area (Å²) in [7, 11) is 3.31. The molecule has 0 saturated carbocycles. The highest BCUT2D eigenvalue weighted by Gasteiger charge is 2.28. The number of fused-ring (bicyclic) bond motifs is 1. The maximum absolute atomic E-state index is 13.4. The predicted molar refractivity (Wildman–Crippen MR) is 134 cm³/mol. The lowest BCUT2D eigenvalue weighted by Crippen LogP contribution is -2.46. The smallest absolute Gasteiger partial charge is 0.407 e. The van der Waals surface area contributed by atoms with E-state index in [1.54, 1.807) is 33.0 Å². The Bertz CT molecular complexity index is 1160. The number of piperidine rings is 1. The molecule has 0 atom stereocenters. The minimum atomic E-state index is -0.448. The highest BCUT2D eigenvalue weighted by molar-refractivity contribution is 7.16. The van der Waals surface area contributed by atoms with Gasteiger partial charge < -0.3 is 19.9 Å². The Labute approximate surface area is 208 Å². The Morgan fingerprint density at radius 3 is 2.59 bits per heavy atom. The normalized spacial score (nSPS) is 14.6. The van der Waals surface area contributed by atoms with Crippen molar-refractivity contribution in [2.45, 2.75) is 45.2 Å². The van der Waals surface area contributed by atoms with Crippen LogP contribution in [0.2, 0.25) is 0 Å². The molecule has 0 aliphatic carbocycles. The van der Waals surface area contributed by atoms with Crippen LogP contribution in [-0.2, 0) is 4.74 Å². The first-order valence-corrected chi connectivity index (χ1v) is 11.7. The molecule has 1 fully saturated rings. The summed E-state index contributed by atoms with van der Waals surface area (Å²) < 4.78 is 6.46. The Hall–Kier alpha value is -2.92. The van der Waals surface area contributed by atoms with Gasteiger partial charge in [-0.3, -0.25) is 4.79 Å². The van der Waals surface area contributed by atoms with Crippen molar-refractivity contribution < 1.29 is 14.3 Å². The van der Waals surface area contributed by atoms with Crippen LogP contribution in [0, 0.1) is 0 Å². The van der Waals surface area contributed by atoms with Crippen molar-refractivity contribution in [1.29, 1.82) is 0 Å². The summed E-state index contributed by atoms with van der Waals surface area (Å²) in [5.41, 5.74) is 0.951. The van der Waals surface area contributed by atoms with E-state index >= 15 is 0 Å². The molecule has 0 unspecified atom stereocenters. The molecule has 3 aromatic heterocycles. The minimum Gasteiger partial charge on any atom is -0.453 e. The third-order valence-electron chi connectivity index (χ3n) is 5.94. The summed E-state index contributed by atoms with van der Waals surface area (Å²) in [6.45, 7) is 7.33. The average Bonchev–Trinajstić information content (AvgIpc) is 3.41. The van der Waals surface area contributed by atoms with E-state index in [9.17, 15) is 9.59 Å². The molecule has 184 valence electrons. The van der Waals surface area contributed by atoms with Crippen molar-refractivity contribution in [1.82, 2.24) is 29.8 Å². The molecule has 1 aliphatic heterocycles. The van der Waals surface area contributed by atoms with Crippen LogP contribution in [0.4, 0.5) is 10.6 Å². The first-order chi connectivity index (χ1) is 15.7. The predicted octanol–water partition coefficient (Wildman–Crippen LogP) is 3.47. The van der Waals surface area contributed by atoms with Crippen LogP contribution in [-0.4, -0.2) is 75.3 Å². The van der Waals surface area contributed by atoms with Crippen molar-refractivity contribution in [3.8, 4) is 11.4 Å². The number of hydrogen-bond donors (Lipinski definition) is 1. The SMILES string of the molecule is COC(=O)NC1CCN(C(=O)c2cc(N(C)C(C)(C)C)nc(-c3cnn4ccsc34)n2)CC1.Cl. The second-order valence-corrected chi connectivity index (χ2v) is 9.97. The highest BCUT2D eigenvalue weighted by Crippen LogP contribution is 2.29. The third-order valence-corrected chi connectivity index (χ3v) is 6.83. The van der Waals surface area contributed by atoms with E-state index in [2.05, 4.69) is 40.9 Å². The zero-order valence-corrected chi connectivity index (χ0v) is 21.6. The van der Waals surface area contributed by atoms with Gasteiger partial charge in [-0.05, 0) is 33.6 Å². The van der Waals surface area contributed by atoms with Gasteiger partial charge in [0.15, 0.2) is 5.82 Å². The summed E-state index contributed by atoms with van der Waals surface area (Å²) in [5, 5.41) is 9.14. The molecule has 3 aromatic rings. The average molecular weight is 508 g/mol. The molecular weight excluding hydrogens is 478 g/mol. The number of carbonyl (C=O) groups excluding carboxylic acids is 2. The van der Waals surface area contributed by atoms with Gasteiger partial charge in [0.25, 0.3) is 5.91 Å². The molecule has 1 saturated heterocycles. The van der Waals surface area contributed by atoms with Crippen molar-refractivity contribution >= 4 is 46.4 Å². The van der Waals surface area contributed by atoms with Gasteiger partial charge in [-0.1, -0.05) is 0 Å². The van der Waals surface area contributed by atoms with Gasteiger partial charge >= 0.3 is 6.09 Å². The minimum absolute atomic E-state index is 0. The molecule has 4 rings (SSSR count). The van der Waals surface area contributed by atoms with Gasteiger partial charge in [-0.25, -0.2) is 19.3 Å². The van der Waals surface area contributed by atoms with Gasteiger partial charge in [0.05, 0.1) is 18.9 Å². The molecule has 12 heteroatoms. The number of nitrogens with zero attached hydrogens (tertiary/aromatic N) is 6. The number of hydrogen-bond acceptors (Lipinski definition) is 8.